The number of ketones is 1. The van der Waals surface area contributed by atoms with E-state index in [9.17, 15) is 14.7 Å². The molecule has 3 unspecified atom stereocenters. The molecular weight excluding hydrogens is 350 g/mol. The lowest BCUT2D eigenvalue weighted by Crippen LogP contribution is -2.42. The van der Waals surface area contributed by atoms with E-state index in [0.717, 1.165) is 22.3 Å². The van der Waals surface area contributed by atoms with Gasteiger partial charge in [0.05, 0.1) is 33.3 Å². The van der Waals surface area contributed by atoms with E-state index in [2.05, 4.69) is 5.32 Å². The number of phenolic OH excluding ortho intramolecular Hbond substituents is 1. The third-order valence-corrected chi connectivity index (χ3v) is 5.74. The predicted molar refractivity (Wildman–Crippen MR) is 96.5 cm³/mol. The lowest BCUT2D eigenvalue weighted by atomic mass is 9.64. The normalized spacial score (nSPS) is 25.4. The van der Waals surface area contributed by atoms with Crippen LogP contribution < -0.4 is 14.8 Å². The van der Waals surface area contributed by atoms with Crippen LogP contribution in [0.2, 0.25) is 0 Å². The molecule has 2 N–H and O–H groups in total. The third kappa shape index (κ3) is 2.27. The molecular formula is C20H21NO6. The SMILES string of the molecule is COC1=CC2C3=C(C(NC=O)CCc4cc(O)c(OC)c(OC)c43)C2C1=O. The average molecular weight is 371 g/mol. The quantitative estimate of drug-likeness (QED) is 0.764. The van der Waals surface area contributed by atoms with E-state index in [-0.39, 0.29) is 35.2 Å². The summed E-state index contributed by atoms with van der Waals surface area (Å²) in [6.45, 7) is 0. The van der Waals surface area contributed by atoms with Gasteiger partial charge in [0.25, 0.3) is 0 Å². The van der Waals surface area contributed by atoms with Gasteiger partial charge in [0, 0.05) is 11.5 Å². The summed E-state index contributed by atoms with van der Waals surface area (Å²) in [6, 6.07) is 1.42. The molecule has 1 aromatic carbocycles. The zero-order valence-corrected chi connectivity index (χ0v) is 15.4. The number of ether oxygens (including phenoxy) is 3. The smallest absolute Gasteiger partial charge is 0.207 e. The average Bonchev–Trinajstić information content (AvgIpc) is 2.84. The number of rotatable bonds is 5. The molecule has 4 rings (SSSR count). The lowest BCUT2D eigenvalue weighted by molar-refractivity contribution is -0.121. The number of hydrogen-bond acceptors (Lipinski definition) is 6. The fourth-order valence-electron chi connectivity index (χ4n) is 4.66. The number of methoxy groups -OCH3 is 3. The Bertz CT molecular complexity index is 900. The number of aryl methyl sites for hydroxylation is 1. The highest BCUT2D eigenvalue weighted by Crippen LogP contribution is 2.59. The van der Waals surface area contributed by atoms with E-state index in [1.54, 1.807) is 6.07 Å². The second kappa shape index (κ2) is 6.33. The number of nitrogens with one attached hydrogen (secondary N) is 1. The number of hydrogen-bond donors (Lipinski definition) is 2. The van der Waals surface area contributed by atoms with Crippen LogP contribution in [0.4, 0.5) is 0 Å². The fourth-order valence-corrected chi connectivity index (χ4v) is 4.66. The maximum absolute atomic E-state index is 12.7. The van der Waals surface area contributed by atoms with Gasteiger partial charge in [-0.05, 0) is 41.7 Å². The monoisotopic (exact) mass is 371 g/mol. The van der Waals surface area contributed by atoms with E-state index < -0.39 is 0 Å². The van der Waals surface area contributed by atoms with Crippen LogP contribution >= 0.6 is 0 Å². The summed E-state index contributed by atoms with van der Waals surface area (Å²) in [5, 5.41) is 13.2. The van der Waals surface area contributed by atoms with Gasteiger partial charge in [-0.25, -0.2) is 0 Å². The first-order valence-electron chi connectivity index (χ1n) is 8.78. The molecule has 3 aliphatic rings. The Labute approximate surface area is 156 Å². The number of carbonyl (C=O) groups is 2. The van der Waals surface area contributed by atoms with Crippen LogP contribution in [0.5, 0.6) is 17.2 Å². The van der Waals surface area contributed by atoms with Crippen molar-refractivity contribution in [3.05, 3.63) is 34.6 Å². The number of carbonyl (C=O) groups excluding carboxylic acids is 2. The number of amides is 1. The van der Waals surface area contributed by atoms with Crippen LogP contribution in [0.1, 0.15) is 17.5 Å². The molecule has 3 atom stereocenters. The van der Waals surface area contributed by atoms with Gasteiger partial charge in [-0.15, -0.1) is 0 Å². The number of allylic oxidation sites excluding steroid dienone is 3. The zero-order chi connectivity index (χ0) is 19.3. The maximum Gasteiger partial charge on any atom is 0.207 e. The lowest BCUT2D eigenvalue weighted by Gasteiger charge is -2.39. The fraction of sp³-hybridized carbons (Fsp3) is 0.400. The van der Waals surface area contributed by atoms with E-state index >= 15 is 0 Å². The van der Waals surface area contributed by atoms with Gasteiger partial charge in [-0.3, -0.25) is 9.59 Å². The summed E-state index contributed by atoms with van der Waals surface area (Å²) in [5.74, 6) is 0.511. The highest BCUT2D eigenvalue weighted by molar-refractivity contribution is 6.08. The van der Waals surface area contributed by atoms with Crippen molar-refractivity contribution >= 4 is 17.8 Å². The molecule has 0 spiro atoms. The Kier molecular flexibility index (Phi) is 4.09. The van der Waals surface area contributed by atoms with Crippen LogP contribution in [0.15, 0.2) is 23.5 Å². The molecule has 0 bridgehead atoms. The van der Waals surface area contributed by atoms with Crippen LogP contribution in [0.25, 0.3) is 5.57 Å². The van der Waals surface area contributed by atoms with E-state index in [4.69, 9.17) is 14.2 Å². The molecule has 27 heavy (non-hydrogen) atoms. The number of benzene rings is 1. The highest BCUT2D eigenvalue weighted by Gasteiger charge is 2.54. The summed E-state index contributed by atoms with van der Waals surface area (Å²) in [5.41, 5.74) is 3.57. The zero-order valence-electron chi connectivity index (χ0n) is 15.4. The van der Waals surface area contributed by atoms with Gasteiger partial charge in [-0.2, -0.15) is 0 Å². The predicted octanol–water partition coefficient (Wildman–Crippen LogP) is 1.58. The second-order valence-electron chi connectivity index (χ2n) is 6.84. The van der Waals surface area contributed by atoms with Crippen molar-refractivity contribution in [3.8, 4) is 17.2 Å². The molecule has 7 heteroatoms. The first-order valence-corrected chi connectivity index (χ1v) is 8.78. The van der Waals surface area contributed by atoms with Gasteiger partial charge < -0.3 is 24.6 Å². The Morgan fingerprint density at radius 3 is 2.56 bits per heavy atom. The van der Waals surface area contributed by atoms with Crippen LogP contribution in [0.3, 0.4) is 0 Å². The number of aromatic hydroxyl groups is 1. The van der Waals surface area contributed by atoms with Crippen molar-refractivity contribution in [3.63, 3.8) is 0 Å². The van der Waals surface area contributed by atoms with E-state index in [1.807, 2.05) is 6.08 Å². The Morgan fingerprint density at radius 2 is 1.93 bits per heavy atom. The number of Topliss-reactive ketones (excluding diaryl/α,β-unsaturated/α-hetero) is 1. The van der Waals surface area contributed by atoms with Gasteiger partial charge >= 0.3 is 0 Å². The Balaban J connectivity index is 1.97. The van der Waals surface area contributed by atoms with Gasteiger partial charge in [-0.1, -0.05) is 0 Å². The summed E-state index contributed by atoms with van der Waals surface area (Å²) in [7, 11) is 4.48. The van der Waals surface area contributed by atoms with Crippen molar-refractivity contribution in [1.82, 2.24) is 5.32 Å². The van der Waals surface area contributed by atoms with Gasteiger partial charge in [0.15, 0.2) is 17.3 Å². The molecule has 7 nitrogen and oxygen atoms in total. The maximum atomic E-state index is 12.7. The molecule has 142 valence electrons. The standard InChI is InChI=1S/C20H21NO6/c1-25-13-7-10-15-14-9(6-12(23)19(26-2)20(14)27-3)4-5-11(21-8-22)17(15)16(10)18(13)24/h6-8,10-11,16,23H,4-5H2,1-3H3,(H,21,22). The molecule has 0 saturated heterocycles. The van der Waals surface area contributed by atoms with Crippen LogP contribution in [-0.2, 0) is 20.7 Å². The second-order valence-corrected chi connectivity index (χ2v) is 6.84. The van der Waals surface area contributed by atoms with Crippen molar-refractivity contribution in [2.75, 3.05) is 21.3 Å². The summed E-state index contributed by atoms with van der Waals surface area (Å²) >= 11 is 0. The van der Waals surface area contributed by atoms with Crippen molar-refractivity contribution in [1.29, 1.82) is 0 Å². The Hall–Kier alpha value is -2.96. The molecule has 1 amide bonds. The van der Waals surface area contributed by atoms with Gasteiger partial charge in [0.2, 0.25) is 17.9 Å². The largest absolute Gasteiger partial charge is 0.504 e. The van der Waals surface area contributed by atoms with Crippen molar-refractivity contribution in [2.24, 2.45) is 11.8 Å². The van der Waals surface area contributed by atoms with Crippen LogP contribution in [-0.4, -0.2) is 44.7 Å². The molecule has 0 fully saturated rings. The van der Waals surface area contributed by atoms with Crippen molar-refractivity contribution < 1.29 is 28.9 Å². The molecule has 0 saturated carbocycles. The van der Waals surface area contributed by atoms with Crippen molar-refractivity contribution in [2.45, 2.75) is 18.9 Å². The molecule has 0 aliphatic heterocycles. The minimum absolute atomic E-state index is 0.00328. The minimum Gasteiger partial charge on any atom is -0.504 e. The first kappa shape index (κ1) is 17.5. The molecule has 0 heterocycles. The highest BCUT2D eigenvalue weighted by atomic mass is 16.5. The van der Waals surface area contributed by atoms with E-state index in [1.165, 1.54) is 21.3 Å². The van der Waals surface area contributed by atoms with Gasteiger partial charge in [0.1, 0.15) is 0 Å². The number of phenols is 1. The molecule has 0 radical (unpaired) electrons. The Morgan fingerprint density at radius 1 is 1.19 bits per heavy atom. The molecule has 3 aliphatic carbocycles. The first-order chi connectivity index (χ1) is 13.1. The summed E-state index contributed by atoms with van der Waals surface area (Å²) in [4.78, 5) is 23.9. The molecule has 0 aromatic heterocycles. The van der Waals surface area contributed by atoms with Crippen LogP contribution in [0, 0.1) is 11.8 Å². The summed E-state index contributed by atoms with van der Waals surface area (Å²) in [6.07, 6.45) is 3.74. The number of fused-ring (bicyclic) bond motifs is 5. The van der Waals surface area contributed by atoms with E-state index in [0.29, 0.717) is 30.8 Å². The summed E-state index contributed by atoms with van der Waals surface area (Å²) < 4.78 is 16.2. The molecule has 1 aromatic rings. The minimum atomic E-state index is -0.331. The topological polar surface area (TPSA) is 94.1 Å². The third-order valence-electron chi connectivity index (χ3n) is 5.74.